The summed E-state index contributed by atoms with van der Waals surface area (Å²) in [5, 5.41) is 0. The van der Waals surface area contributed by atoms with Gasteiger partial charge in [0.1, 0.15) is 5.82 Å². The molecular weight excluding hydrogens is 253 g/mol. The third-order valence-electron chi connectivity index (χ3n) is 3.51. The summed E-state index contributed by atoms with van der Waals surface area (Å²) in [7, 11) is 0. The van der Waals surface area contributed by atoms with E-state index >= 15 is 0 Å². The molecule has 1 fully saturated rings. The number of halogens is 2. The Bertz CT molecular complexity index is 449. The lowest BCUT2D eigenvalue weighted by atomic mass is 10.1. The molecule has 1 unspecified atom stereocenters. The fourth-order valence-corrected chi connectivity index (χ4v) is 2.70. The number of aryl methyl sites for hydroxylation is 1. The Kier molecular flexibility index (Phi) is 4.23. The van der Waals surface area contributed by atoms with Crippen molar-refractivity contribution in [3.05, 3.63) is 35.1 Å². The first kappa shape index (κ1) is 13.3. The highest BCUT2D eigenvalue weighted by Gasteiger charge is 2.28. The largest absolute Gasteiger partial charge is 0.338 e. The zero-order valence-corrected chi connectivity index (χ0v) is 11.2. The molecule has 1 atom stereocenters. The summed E-state index contributed by atoms with van der Waals surface area (Å²) in [6.45, 7) is 3.07. The van der Waals surface area contributed by atoms with Crippen molar-refractivity contribution < 1.29 is 9.18 Å². The van der Waals surface area contributed by atoms with Crippen LogP contribution < -0.4 is 0 Å². The molecule has 1 amide bonds. The molecule has 0 N–H and O–H groups in total. The van der Waals surface area contributed by atoms with Crippen LogP contribution in [0.1, 0.15) is 28.8 Å². The zero-order chi connectivity index (χ0) is 13.1. The molecule has 0 radical (unpaired) electrons. The molecule has 2 nitrogen and oxygen atoms in total. The minimum Gasteiger partial charge on any atom is -0.338 e. The summed E-state index contributed by atoms with van der Waals surface area (Å²) >= 11 is 5.71. The monoisotopic (exact) mass is 269 g/mol. The minimum absolute atomic E-state index is 0.182. The third kappa shape index (κ3) is 2.66. The van der Waals surface area contributed by atoms with E-state index < -0.39 is 5.82 Å². The Morgan fingerprint density at radius 3 is 3.06 bits per heavy atom. The molecule has 1 aromatic carbocycles. The van der Waals surface area contributed by atoms with E-state index in [0.717, 1.165) is 12.8 Å². The average molecular weight is 270 g/mol. The van der Waals surface area contributed by atoms with Gasteiger partial charge in [0.2, 0.25) is 0 Å². The number of amides is 1. The highest BCUT2D eigenvalue weighted by Crippen LogP contribution is 2.23. The van der Waals surface area contributed by atoms with Crippen LogP contribution in [0.5, 0.6) is 0 Å². The predicted octanol–water partition coefficient (Wildman–Crippen LogP) is 3.23. The van der Waals surface area contributed by atoms with E-state index in [1.54, 1.807) is 30.0 Å². The van der Waals surface area contributed by atoms with E-state index in [9.17, 15) is 9.18 Å². The maximum atomic E-state index is 13.9. The van der Waals surface area contributed by atoms with Gasteiger partial charge in [0.15, 0.2) is 0 Å². The zero-order valence-electron chi connectivity index (χ0n) is 10.5. The van der Waals surface area contributed by atoms with E-state index in [2.05, 4.69) is 0 Å². The molecule has 0 bridgehead atoms. The maximum Gasteiger partial charge on any atom is 0.256 e. The van der Waals surface area contributed by atoms with E-state index in [1.807, 2.05) is 0 Å². The van der Waals surface area contributed by atoms with E-state index in [4.69, 9.17) is 11.6 Å². The van der Waals surface area contributed by atoms with Crippen LogP contribution in [0.2, 0.25) is 0 Å². The van der Waals surface area contributed by atoms with Gasteiger partial charge in [-0.3, -0.25) is 4.79 Å². The van der Waals surface area contributed by atoms with Crippen LogP contribution in [0.3, 0.4) is 0 Å². The van der Waals surface area contributed by atoms with Gasteiger partial charge in [-0.1, -0.05) is 12.1 Å². The molecule has 0 aliphatic carbocycles. The van der Waals surface area contributed by atoms with Crippen LogP contribution in [0.15, 0.2) is 18.2 Å². The van der Waals surface area contributed by atoms with Gasteiger partial charge in [-0.15, -0.1) is 11.6 Å². The second kappa shape index (κ2) is 5.70. The van der Waals surface area contributed by atoms with Gasteiger partial charge in [0, 0.05) is 19.0 Å². The average Bonchev–Trinajstić information content (AvgIpc) is 2.81. The smallest absolute Gasteiger partial charge is 0.256 e. The van der Waals surface area contributed by atoms with Crippen LogP contribution >= 0.6 is 11.6 Å². The number of rotatable bonds is 3. The lowest BCUT2D eigenvalue weighted by Crippen LogP contribution is -2.29. The molecule has 1 heterocycles. The number of likely N-dealkylation sites (tertiary alicyclic amines) is 1. The van der Waals surface area contributed by atoms with Gasteiger partial charge >= 0.3 is 0 Å². The van der Waals surface area contributed by atoms with Crippen molar-refractivity contribution in [2.24, 2.45) is 5.92 Å². The molecule has 1 aliphatic heterocycles. The molecule has 1 saturated heterocycles. The fourth-order valence-electron chi connectivity index (χ4n) is 2.39. The molecular formula is C14H17ClFNO. The second-order valence-corrected chi connectivity index (χ2v) is 5.20. The Balaban J connectivity index is 2.11. The van der Waals surface area contributed by atoms with Crippen molar-refractivity contribution in [2.75, 3.05) is 19.0 Å². The molecule has 0 saturated carbocycles. The normalized spacial score (nSPS) is 19.3. The number of carbonyl (C=O) groups excluding carboxylic acids is 1. The van der Waals surface area contributed by atoms with Crippen molar-refractivity contribution >= 4 is 17.5 Å². The SMILES string of the molecule is Cc1cccc(C(=O)N2CCC(CCCl)C2)c1F. The van der Waals surface area contributed by atoms with Crippen molar-refractivity contribution in [3.8, 4) is 0 Å². The summed E-state index contributed by atoms with van der Waals surface area (Å²) in [6.07, 6.45) is 1.88. The topological polar surface area (TPSA) is 20.3 Å². The number of hydrogen-bond acceptors (Lipinski definition) is 1. The van der Waals surface area contributed by atoms with Crippen molar-refractivity contribution in [3.63, 3.8) is 0 Å². The van der Waals surface area contributed by atoms with Crippen LogP contribution in [-0.4, -0.2) is 29.8 Å². The number of hydrogen-bond donors (Lipinski definition) is 0. The Morgan fingerprint density at radius 2 is 2.33 bits per heavy atom. The van der Waals surface area contributed by atoms with Crippen LogP contribution in [0.4, 0.5) is 4.39 Å². The van der Waals surface area contributed by atoms with Gasteiger partial charge in [0.05, 0.1) is 5.56 Å². The lowest BCUT2D eigenvalue weighted by molar-refractivity contribution is 0.0782. The van der Waals surface area contributed by atoms with Crippen molar-refractivity contribution in [1.82, 2.24) is 4.90 Å². The molecule has 1 aromatic rings. The molecule has 0 spiro atoms. The molecule has 1 aliphatic rings. The Labute approximate surface area is 112 Å². The van der Waals surface area contributed by atoms with Gasteiger partial charge < -0.3 is 4.90 Å². The number of alkyl halides is 1. The molecule has 18 heavy (non-hydrogen) atoms. The highest BCUT2D eigenvalue weighted by molar-refractivity contribution is 6.17. The lowest BCUT2D eigenvalue weighted by Gasteiger charge is -2.17. The second-order valence-electron chi connectivity index (χ2n) is 4.82. The summed E-state index contributed by atoms with van der Waals surface area (Å²) < 4.78 is 13.9. The quantitative estimate of drug-likeness (QED) is 0.772. The Hall–Kier alpha value is -1.09. The first-order valence-electron chi connectivity index (χ1n) is 6.24. The fraction of sp³-hybridized carbons (Fsp3) is 0.500. The van der Waals surface area contributed by atoms with Gasteiger partial charge in [-0.05, 0) is 37.3 Å². The Morgan fingerprint density at radius 1 is 1.56 bits per heavy atom. The summed E-state index contributed by atoms with van der Waals surface area (Å²) in [5.74, 6) is 0.474. The summed E-state index contributed by atoms with van der Waals surface area (Å²) in [5.41, 5.74) is 0.693. The van der Waals surface area contributed by atoms with Crippen molar-refractivity contribution in [1.29, 1.82) is 0 Å². The number of benzene rings is 1. The first-order valence-corrected chi connectivity index (χ1v) is 6.77. The van der Waals surface area contributed by atoms with E-state index in [0.29, 0.717) is 30.5 Å². The molecule has 4 heteroatoms. The van der Waals surface area contributed by atoms with E-state index in [1.165, 1.54) is 0 Å². The number of carbonyl (C=O) groups is 1. The molecule has 98 valence electrons. The van der Waals surface area contributed by atoms with Gasteiger partial charge in [-0.2, -0.15) is 0 Å². The van der Waals surface area contributed by atoms with E-state index in [-0.39, 0.29) is 11.5 Å². The summed E-state index contributed by atoms with van der Waals surface area (Å²) in [6, 6.07) is 4.95. The van der Waals surface area contributed by atoms with Crippen LogP contribution in [-0.2, 0) is 0 Å². The van der Waals surface area contributed by atoms with Crippen molar-refractivity contribution in [2.45, 2.75) is 19.8 Å². The first-order chi connectivity index (χ1) is 8.63. The predicted molar refractivity (Wildman–Crippen MR) is 70.5 cm³/mol. The van der Waals surface area contributed by atoms with Gasteiger partial charge in [0.25, 0.3) is 5.91 Å². The van der Waals surface area contributed by atoms with Crippen LogP contribution in [0.25, 0.3) is 0 Å². The highest BCUT2D eigenvalue weighted by atomic mass is 35.5. The summed E-state index contributed by atoms with van der Waals surface area (Å²) in [4.78, 5) is 14.0. The third-order valence-corrected chi connectivity index (χ3v) is 3.73. The number of nitrogens with zero attached hydrogens (tertiary/aromatic N) is 1. The van der Waals surface area contributed by atoms with Crippen LogP contribution in [0, 0.1) is 18.7 Å². The molecule has 0 aromatic heterocycles. The minimum atomic E-state index is -0.400. The standard InChI is InChI=1S/C14H17ClFNO/c1-10-3-2-4-12(13(10)16)14(18)17-8-6-11(9-17)5-7-15/h2-4,11H,5-9H2,1H3. The maximum absolute atomic E-state index is 13.9. The van der Waals surface area contributed by atoms with Gasteiger partial charge in [-0.25, -0.2) is 4.39 Å². The molecule has 2 rings (SSSR count).